The fraction of sp³-hybridized carbons (Fsp3) is 0.0952. The van der Waals surface area contributed by atoms with Crippen LogP contribution in [0.25, 0.3) is 0 Å². The fourth-order valence-corrected chi connectivity index (χ4v) is 2.55. The Labute approximate surface area is 171 Å². The van der Waals surface area contributed by atoms with Gasteiger partial charge in [-0.1, -0.05) is 42.5 Å². The smallest absolute Gasteiger partial charge is 0.275 e. The molecule has 0 aliphatic carbocycles. The van der Waals surface area contributed by atoms with Crippen LogP contribution in [-0.2, 0) is 12.5 Å². The predicted molar refractivity (Wildman–Crippen MR) is 104 cm³/mol. The Morgan fingerprint density at radius 1 is 0.967 bits per heavy atom. The van der Waals surface area contributed by atoms with Gasteiger partial charge >= 0.3 is 0 Å². The van der Waals surface area contributed by atoms with Crippen LogP contribution in [0.3, 0.4) is 0 Å². The molecule has 1 aromatic heterocycles. The molecular formula is C21H17N5O4. The van der Waals surface area contributed by atoms with Crippen LogP contribution in [0.15, 0.2) is 67.0 Å². The monoisotopic (exact) mass is 403 g/mol. The van der Waals surface area contributed by atoms with Gasteiger partial charge in [0.25, 0.3) is 17.7 Å². The molecule has 2 aromatic carbocycles. The summed E-state index contributed by atoms with van der Waals surface area (Å²) in [5.41, 5.74) is 0.889. The number of hydrogen-bond donors (Lipinski definition) is 4. The summed E-state index contributed by atoms with van der Waals surface area (Å²) in [4.78, 5) is 32.3. The highest BCUT2D eigenvalue weighted by Crippen LogP contribution is 2.16. The summed E-state index contributed by atoms with van der Waals surface area (Å²) < 4.78 is 0. The molecule has 3 rings (SSSR count). The number of nitrogens with zero attached hydrogens (tertiary/aromatic N) is 3. The van der Waals surface area contributed by atoms with Crippen LogP contribution in [-0.4, -0.2) is 32.0 Å². The Kier molecular flexibility index (Phi) is 6.12. The lowest BCUT2D eigenvalue weighted by Crippen LogP contribution is -2.46. The van der Waals surface area contributed by atoms with Gasteiger partial charge in [0.2, 0.25) is 0 Å². The van der Waals surface area contributed by atoms with Gasteiger partial charge in [0.1, 0.15) is 17.7 Å². The standard InChI is InChI=1S/C21H17N5O4/c22-11-14-6-8-16(9-7-14)21(29,30)26-20(28)18-10-17(24-13-25-18)19(27)23-12-15-4-2-1-3-5-15/h1-10,13,29-30H,12H2,(H,23,27)(H,26,28). The molecular weight excluding hydrogens is 386 g/mol. The van der Waals surface area contributed by atoms with E-state index in [4.69, 9.17) is 5.26 Å². The third-order valence-electron chi connectivity index (χ3n) is 4.13. The largest absolute Gasteiger partial charge is 0.347 e. The number of carbonyl (C=O) groups excluding carboxylic acids is 2. The zero-order valence-corrected chi connectivity index (χ0v) is 15.6. The van der Waals surface area contributed by atoms with Crippen LogP contribution < -0.4 is 10.6 Å². The molecule has 0 saturated carbocycles. The predicted octanol–water partition coefficient (Wildman–Crippen LogP) is 0.803. The van der Waals surface area contributed by atoms with Gasteiger partial charge in [0.15, 0.2) is 0 Å². The van der Waals surface area contributed by atoms with E-state index in [0.717, 1.165) is 18.0 Å². The van der Waals surface area contributed by atoms with E-state index in [2.05, 4.69) is 15.3 Å². The summed E-state index contributed by atoms with van der Waals surface area (Å²) in [6.45, 7) is 0.278. The second-order valence-corrected chi connectivity index (χ2v) is 6.27. The van der Waals surface area contributed by atoms with Crippen LogP contribution >= 0.6 is 0 Å². The molecule has 0 spiro atoms. The lowest BCUT2D eigenvalue weighted by Gasteiger charge is -2.23. The Morgan fingerprint density at radius 3 is 2.23 bits per heavy atom. The van der Waals surface area contributed by atoms with Crippen molar-refractivity contribution < 1.29 is 19.8 Å². The zero-order chi connectivity index (χ0) is 21.6. The summed E-state index contributed by atoms with van der Waals surface area (Å²) >= 11 is 0. The van der Waals surface area contributed by atoms with Crippen LogP contribution in [0.4, 0.5) is 0 Å². The molecule has 9 nitrogen and oxygen atoms in total. The summed E-state index contributed by atoms with van der Waals surface area (Å²) in [5, 5.41) is 33.9. The first-order valence-corrected chi connectivity index (χ1v) is 8.81. The van der Waals surface area contributed by atoms with E-state index in [-0.39, 0.29) is 23.5 Å². The first kappa shape index (κ1) is 20.6. The maximum absolute atomic E-state index is 12.4. The van der Waals surface area contributed by atoms with E-state index in [1.54, 1.807) is 0 Å². The highest BCUT2D eigenvalue weighted by Gasteiger charge is 2.29. The lowest BCUT2D eigenvalue weighted by molar-refractivity contribution is -0.185. The topological polar surface area (TPSA) is 148 Å². The number of aliphatic hydroxyl groups is 2. The SMILES string of the molecule is N#Cc1ccc(C(O)(O)NC(=O)c2cc(C(=O)NCc3ccccc3)ncn2)cc1. The number of benzene rings is 2. The molecule has 150 valence electrons. The quantitative estimate of drug-likeness (QED) is 0.445. The van der Waals surface area contributed by atoms with Gasteiger partial charge in [-0.05, 0) is 17.7 Å². The molecule has 4 N–H and O–H groups in total. The fourth-order valence-electron chi connectivity index (χ4n) is 2.55. The minimum absolute atomic E-state index is 0.0501. The molecule has 0 aliphatic rings. The van der Waals surface area contributed by atoms with E-state index in [9.17, 15) is 19.8 Å². The number of nitriles is 1. The number of amides is 2. The maximum Gasteiger partial charge on any atom is 0.275 e. The first-order chi connectivity index (χ1) is 14.4. The number of hydrogen-bond acceptors (Lipinski definition) is 7. The number of rotatable bonds is 6. The third kappa shape index (κ3) is 5.02. The Hall–Kier alpha value is -4.13. The molecule has 0 radical (unpaired) electrons. The molecule has 30 heavy (non-hydrogen) atoms. The average molecular weight is 403 g/mol. The second kappa shape index (κ2) is 8.91. The van der Waals surface area contributed by atoms with Gasteiger partial charge in [-0.2, -0.15) is 5.26 Å². The Bertz CT molecular complexity index is 1090. The number of carbonyl (C=O) groups is 2. The Morgan fingerprint density at radius 2 is 1.60 bits per heavy atom. The Balaban J connectivity index is 1.69. The van der Waals surface area contributed by atoms with Gasteiger partial charge in [0.05, 0.1) is 11.6 Å². The third-order valence-corrected chi connectivity index (χ3v) is 4.13. The second-order valence-electron chi connectivity index (χ2n) is 6.27. The van der Waals surface area contributed by atoms with Gasteiger partial charge in [-0.25, -0.2) is 9.97 Å². The molecule has 0 atom stereocenters. The minimum Gasteiger partial charge on any atom is -0.347 e. The highest BCUT2D eigenvalue weighted by atomic mass is 16.5. The summed E-state index contributed by atoms with van der Waals surface area (Å²) in [5.74, 6) is -4.14. The van der Waals surface area contributed by atoms with Crippen molar-refractivity contribution in [3.63, 3.8) is 0 Å². The van der Waals surface area contributed by atoms with Crippen molar-refractivity contribution in [3.05, 3.63) is 95.1 Å². The van der Waals surface area contributed by atoms with Crippen molar-refractivity contribution in [1.82, 2.24) is 20.6 Å². The van der Waals surface area contributed by atoms with Gasteiger partial charge < -0.3 is 15.5 Å². The van der Waals surface area contributed by atoms with E-state index in [0.29, 0.717) is 5.56 Å². The average Bonchev–Trinajstić information content (AvgIpc) is 2.78. The molecule has 9 heteroatoms. The minimum atomic E-state index is -2.70. The molecule has 0 unspecified atom stereocenters. The van der Waals surface area contributed by atoms with Crippen LogP contribution in [0, 0.1) is 11.3 Å². The molecule has 3 aromatic rings. The molecule has 0 aliphatic heterocycles. The molecule has 2 amide bonds. The van der Waals surface area contributed by atoms with Crippen molar-refractivity contribution >= 4 is 11.8 Å². The summed E-state index contributed by atoms with van der Waals surface area (Å²) in [6, 6.07) is 17.6. The van der Waals surface area contributed by atoms with E-state index in [1.165, 1.54) is 24.3 Å². The molecule has 1 heterocycles. The van der Waals surface area contributed by atoms with Crippen molar-refractivity contribution in [2.45, 2.75) is 12.5 Å². The number of aromatic nitrogens is 2. The van der Waals surface area contributed by atoms with Crippen molar-refractivity contribution in [2.75, 3.05) is 0 Å². The normalized spacial score (nSPS) is 10.7. The van der Waals surface area contributed by atoms with Crippen LogP contribution in [0.2, 0.25) is 0 Å². The highest BCUT2D eigenvalue weighted by molar-refractivity contribution is 5.97. The van der Waals surface area contributed by atoms with Crippen molar-refractivity contribution in [2.24, 2.45) is 0 Å². The lowest BCUT2D eigenvalue weighted by atomic mass is 10.1. The molecule has 0 saturated heterocycles. The maximum atomic E-state index is 12.4. The number of nitrogens with one attached hydrogen (secondary N) is 2. The van der Waals surface area contributed by atoms with Gasteiger partial charge in [0, 0.05) is 18.2 Å². The van der Waals surface area contributed by atoms with E-state index in [1.807, 2.05) is 41.7 Å². The van der Waals surface area contributed by atoms with E-state index >= 15 is 0 Å². The van der Waals surface area contributed by atoms with Crippen LogP contribution in [0.1, 0.15) is 37.7 Å². The summed E-state index contributed by atoms with van der Waals surface area (Å²) in [7, 11) is 0. The first-order valence-electron chi connectivity index (χ1n) is 8.81. The van der Waals surface area contributed by atoms with Crippen LogP contribution in [0.5, 0.6) is 0 Å². The van der Waals surface area contributed by atoms with Gasteiger partial charge in [-0.3, -0.25) is 14.9 Å². The van der Waals surface area contributed by atoms with Gasteiger partial charge in [-0.15, -0.1) is 0 Å². The van der Waals surface area contributed by atoms with E-state index < -0.39 is 17.7 Å². The summed E-state index contributed by atoms with van der Waals surface area (Å²) in [6.07, 6.45) is 1.03. The zero-order valence-electron chi connectivity index (χ0n) is 15.6. The molecule has 0 bridgehead atoms. The van der Waals surface area contributed by atoms with Crippen molar-refractivity contribution in [1.29, 1.82) is 5.26 Å². The molecule has 0 fully saturated rings. The van der Waals surface area contributed by atoms with Crippen molar-refractivity contribution in [3.8, 4) is 6.07 Å².